The predicted molar refractivity (Wildman–Crippen MR) is 64.3 cm³/mol. The molecule has 2 rings (SSSR count). The van der Waals surface area contributed by atoms with Gasteiger partial charge in [-0.05, 0) is 6.42 Å². The number of nitrogens with zero attached hydrogens (tertiary/aromatic N) is 1. The Morgan fingerprint density at radius 2 is 2.56 bits per heavy atom. The van der Waals surface area contributed by atoms with Crippen LogP contribution < -0.4 is 5.73 Å². The normalized spacial score (nSPS) is 30.5. The second-order valence-corrected chi connectivity index (χ2v) is 5.39. The van der Waals surface area contributed by atoms with Crippen molar-refractivity contribution >= 4 is 16.5 Å². The molecule has 5 heteroatoms. The van der Waals surface area contributed by atoms with E-state index < -0.39 is 5.60 Å². The average Bonchev–Trinajstić information content (AvgIpc) is 2.66. The molecule has 0 saturated carbocycles. The number of nitrogen functional groups attached to an aromatic ring is 1. The molecule has 0 amide bonds. The molecule has 16 heavy (non-hydrogen) atoms. The van der Waals surface area contributed by atoms with Gasteiger partial charge in [0.25, 0.3) is 0 Å². The number of aliphatic hydroxyl groups is 1. The summed E-state index contributed by atoms with van der Waals surface area (Å²) < 4.78 is 5.64. The minimum Gasteiger partial charge on any atom is -0.384 e. The summed E-state index contributed by atoms with van der Waals surface area (Å²) in [6.07, 6.45) is 5.21. The van der Waals surface area contributed by atoms with Crippen molar-refractivity contribution in [1.29, 1.82) is 0 Å². The molecule has 0 aliphatic carbocycles. The first-order valence-electron chi connectivity index (χ1n) is 5.70. The van der Waals surface area contributed by atoms with Gasteiger partial charge >= 0.3 is 0 Å². The van der Waals surface area contributed by atoms with Crippen LogP contribution in [0.25, 0.3) is 0 Å². The van der Waals surface area contributed by atoms with Crippen LogP contribution in [0, 0.1) is 0 Å². The minimum atomic E-state index is -0.784. The molecule has 0 radical (unpaired) electrons. The Balaban J connectivity index is 2.11. The molecule has 1 fully saturated rings. The molecule has 3 N–H and O–H groups in total. The van der Waals surface area contributed by atoms with Crippen LogP contribution in [0.4, 0.5) is 5.13 Å². The summed E-state index contributed by atoms with van der Waals surface area (Å²) in [4.78, 5) is 4.87. The van der Waals surface area contributed by atoms with Gasteiger partial charge in [-0.2, -0.15) is 0 Å². The summed E-state index contributed by atoms with van der Waals surface area (Å²) in [5, 5.41) is 11.1. The number of hydrogen-bond acceptors (Lipinski definition) is 5. The average molecular weight is 242 g/mol. The SMILES string of the molecule is CCCC1CC(O)(c2cnc(N)s2)CCO1. The van der Waals surface area contributed by atoms with Crippen LogP contribution in [0.1, 0.15) is 37.5 Å². The molecule has 1 aliphatic heterocycles. The Kier molecular flexibility index (Phi) is 3.47. The van der Waals surface area contributed by atoms with Gasteiger partial charge < -0.3 is 15.6 Å². The third kappa shape index (κ3) is 2.36. The van der Waals surface area contributed by atoms with Crippen LogP contribution >= 0.6 is 11.3 Å². The summed E-state index contributed by atoms with van der Waals surface area (Å²) in [5.74, 6) is 0. The van der Waals surface area contributed by atoms with E-state index in [0.29, 0.717) is 24.6 Å². The maximum absolute atomic E-state index is 10.6. The molecule has 90 valence electrons. The van der Waals surface area contributed by atoms with E-state index in [4.69, 9.17) is 10.5 Å². The van der Waals surface area contributed by atoms with Gasteiger partial charge in [-0.25, -0.2) is 4.98 Å². The maximum atomic E-state index is 10.6. The third-order valence-electron chi connectivity index (χ3n) is 3.03. The molecular weight excluding hydrogens is 224 g/mol. The highest BCUT2D eigenvalue weighted by atomic mass is 32.1. The number of hydrogen-bond donors (Lipinski definition) is 2. The number of anilines is 1. The Morgan fingerprint density at radius 3 is 3.19 bits per heavy atom. The van der Waals surface area contributed by atoms with Crippen molar-refractivity contribution in [2.45, 2.75) is 44.3 Å². The highest BCUT2D eigenvalue weighted by Gasteiger charge is 2.37. The predicted octanol–water partition coefficient (Wildman–Crippen LogP) is 1.89. The van der Waals surface area contributed by atoms with Gasteiger partial charge in [0.2, 0.25) is 0 Å². The third-order valence-corrected chi connectivity index (χ3v) is 4.05. The fourth-order valence-corrected chi connectivity index (χ4v) is 2.98. The molecule has 2 atom stereocenters. The van der Waals surface area contributed by atoms with E-state index in [0.717, 1.165) is 17.7 Å². The van der Waals surface area contributed by atoms with Crippen molar-refractivity contribution < 1.29 is 9.84 Å². The van der Waals surface area contributed by atoms with Crippen molar-refractivity contribution in [2.75, 3.05) is 12.3 Å². The van der Waals surface area contributed by atoms with Crippen molar-refractivity contribution in [1.82, 2.24) is 4.98 Å². The van der Waals surface area contributed by atoms with E-state index in [1.165, 1.54) is 11.3 Å². The van der Waals surface area contributed by atoms with Crippen LogP contribution in [-0.2, 0) is 10.3 Å². The Morgan fingerprint density at radius 1 is 1.75 bits per heavy atom. The van der Waals surface area contributed by atoms with Gasteiger partial charge in [-0.15, -0.1) is 0 Å². The largest absolute Gasteiger partial charge is 0.384 e. The molecule has 0 spiro atoms. The molecule has 1 saturated heterocycles. The van der Waals surface area contributed by atoms with E-state index in [-0.39, 0.29) is 6.10 Å². The molecule has 1 aliphatic rings. The second-order valence-electron chi connectivity index (χ2n) is 4.33. The summed E-state index contributed by atoms with van der Waals surface area (Å²) in [5.41, 5.74) is 4.82. The minimum absolute atomic E-state index is 0.159. The van der Waals surface area contributed by atoms with Gasteiger partial charge in [-0.3, -0.25) is 0 Å². The number of thiazole rings is 1. The molecule has 0 bridgehead atoms. The Labute approximate surface area is 99.5 Å². The summed E-state index contributed by atoms with van der Waals surface area (Å²) in [6, 6.07) is 0. The first-order valence-corrected chi connectivity index (χ1v) is 6.51. The van der Waals surface area contributed by atoms with Crippen LogP contribution in [0.5, 0.6) is 0 Å². The smallest absolute Gasteiger partial charge is 0.180 e. The lowest BCUT2D eigenvalue weighted by Crippen LogP contribution is -2.38. The van der Waals surface area contributed by atoms with E-state index in [9.17, 15) is 5.11 Å². The topological polar surface area (TPSA) is 68.4 Å². The van der Waals surface area contributed by atoms with Gasteiger partial charge in [0, 0.05) is 19.0 Å². The summed E-state index contributed by atoms with van der Waals surface area (Å²) in [6.45, 7) is 2.74. The van der Waals surface area contributed by atoms with Crippen molar-refractivity contribution in [3.05, 3.63) is 11.1 Å². The highest BCUT2D eigenvalue weighted by Crippen LogP contribution is 2.38. The molecular formula is C11H18N2O2S. The molecule has 2 unspecified atom stereocenters. The van der Waals surface area contributed by atoms with Gasteiger partial charge in [0.15, 0.2) is 5.13 Å². The van der Waals surface area contributed by atoms with E-state index in [1.807, 2.05) is 0 Å². The number of nitrogens with two attached hydrogens (primary N) is 1. The van der Waals surface area contributed by atoms with E-state index in [1.54, 1.807) is 6.20 Å². The van der Waals surface area contributed by atoms with Crippen molar-refractivity contribution in [3.8, 4) is 0 Å². The molecule has 4 nitrogen and oxygen atoms in total. The first-order chi connectivity index (χ1) is 7.64. The fourth-order valence-electron chi connectivity index (χ4n) is 2.17. The first kappa shape index (κ1) is 11.8. The van der Waals surface area contributed by atoms with Crippen molar-refractivity contribution in [2.24, 2.45) is 0 Å². The van der Waals surface area contributed by atoms with Crippen LogP contribution in [0.2, 0.25) is 0 Å². The number of ether oxygens (including phenoxy) is 1. The zero-order valence-electron chi connectivity index (χ0n) is 9.48. The quantitative estimate of drug-likeness (QED) is 0.849. The van der Waals surface area contributed by atoms with Gasteiger partial charge in [-0.1, -0.05) is 24.7 Å². The van der Waals surface area contributed by atoms with Gasteiger partial charge in [0.05, 0.1) is 17.6 Å². The Hall–Kier alpha value is -0.650. The summed E-state index contributed by atoms with van der Waals surface area (Å²) in [7, 11) is 0. The van der Waals surface area contributed by atoms with E-state index >= 15 is 0 Å². The fraction of sp³-hybridized carbons (Fsp3) is 0.727. The zero-order chi connectivity index (χ0) is 11.6. The number of rotatable bonds is 3. The summed E-state index contributed by atoms with van der Waals surface area (Å²) >= 11 is 1.37. The van der Waals surface area contributed by atoms with Crippen LogP contribution in [0.3, 0.4) is 0 Å². The standard InChI is InChI=1S/C11H18N2O2S/c1-2-3-8-6-11(14,4-5-15-8)9-7-13-10(12)16-9/h7-8,14H,2-6H2,1H3,(H2,12,13). The molecule has 0 aromatic carbocycles. The maximum Gasteiger partial charge on any atom is 0.180 e. The van der Waals surface area contributed by atoms with Gasteiger partial charge in [0.1, 0.15) is 5.60 Å². The number of aromatic nitrogens is 1. The Bertz CT molecular complexity index is 354. The molecule has 2 heterocycles. The van der Waals surface area contributed by atoms with Crippen LogP contribution in [0.15, 0.2) is 6.20 Å². The molecule has 1 aromatic rings. The van der Waals surface area contributed by atoms with E-state index in [2.05, 4.69) is 11.9 Å². The zero-order valence-corrected chi connectivity index (χ0v) is 10.3. The second kappa shape index (κ2) is 4.69. The monoisotopic (exact) mass is 242 g/mol. The lowest BCUT2D eigenvalue weighted by atomic mass is 9.88. The van der Waals surface area contributed by atoms with Crippen LogP contribution in [-0.4, -0.2) is 22.8 Å². The van der Waals surface area contributed by atoms with Crippen molar-refractivity contribution in [3.63, 3.8) is 0 Å². The highest BCUT2D eigenvalue weighted by molar-refractivity contribution is 7.15. The lowest BCUT2D eigenvalue weighted by Gasteiger charge is -2.36. The molecule has 1 aromatic heterocycles. The lowest BCUT2D eigenvalue weighted by molar-refractivity contribution is -0.108.